The summed E-state index contributed by atoms with van der Waals surface area (Å²) >= 11 is 0. The number of carbonyl (C=O) groups excluding carboxylic acids is 2. The van der Waals surface area contributed by atoms with Gasteiger partial charge in [0, 0.05) is 25.8 Å². The number of nitrogens with one attached hydrogen (secondary N) is 1. The first kappa shape index (κ1) is 17.9. The molecule has 3 rings (SSSR count). The quantitative estimate of drug-likeness (QED) is 0.835. The monoisotopic (exact) mass is 349 g/mol. The zero-order valence-corrected chi connectivity index (χ0v) is 14.7. The molecule has 0 saturated carbocycles. The number of rotatable bonds is 7. The van der Waals surface area contributed by atoms with Crippen molar-refractivity contribution in [3.63, 3.8) is 0 Å². The van der Waals surface area contributed by atoms with Crippen molar-refractivity contribution in [1.82, 2.24) is 10.3 Å². The Morgan fingerprint density at radius 3 is 2.38 bits per heavy atom. The lowest BCUT2D eigenvalue weighted by Crippen LogP contribution is -2.29. The maximum absolute atomic E-state index is 12.3. The number of nitrogens with zero attached hydrogens (tertiary/aromatic N) is 2. The molecule has 2 amide bonds. The third-order valence-corrected chi connectivity index (χ3v) is 4.34. The van der Waals surface area contributed by atoms with E-state index in [4.69, 9.17) is 0 Å². The first-order valence-corrected chi connectivity index (χ1v) is 8.96. The molecule has 1 aliphatic heterocycles. The van der Waals surface area contributed by atoms with Crippen LogP contribution in [0.2, 0.25) is 0 Å². The van der Waals surface area contributed by atoms with Crippen LogP contribution < -0.4 is 5.32 Å². The van der Waals surface area contributed by atoms with Gasteiger partial charge in [-0.1, -0.05) is 60.7 Å². The van der Waals surface area contributed by atoms with Crippen LogP contribution in [-0.4, -0.2) is 35.6 Å². The first-order chi connectivity index (χ1) is 12.7. The average Bonchev–Trinajstić information content (AvgIpc) is 3.18. The van der Waals surface area contributed by atoms with Crippen molar-refractivity contribution in [1.29, 1.82) is 0 Å². The normalized spacial score (nSPS) is 13.4. The Balaban J connectivity index is 1.40. The third-order valence-electron chi connectivity index (χ3n) is 4.34. The van der Waals surface area contributed by atoms with Gasteiger partial charge in [-0.15, -0.1) is 0 Å². The van der Waals surface area contributed by atoms with Crippen LogP contribution in [0.3, 0.4) is 0 Å². The van der Waals surface area contributed by atoms with Crippen molar-refractivity contribution in [3.8, 4) is 0 Å². The molecule has 1 aliphatic rings. The molecule has 0 saturated heterocycles. The highest BCUT2D eigenvalue weighted by Crippen LogP contribution is 2.14. The van der Waals surface area contributed by atoms with Gasteiger partial charge in [0.05, 0.1) is 12.3 Å². The lowest BCUT2D eigenvalue weighted by Gasteiger charge is -2.11. The van der Waals surface area contributed by atoms with E-state index in [9.17, 15) is 9.59 Å². The highest BCUT2D eigenvalue weighted by atomic mass is 16.2. The topological polar surface area (TPSA) is 61.8 Å². The fraction of sp³-hybridized carbons (Fsp3) is 0.286. The Hall–Kier alpha value is -2.95. The van der Waals surface area contributed by atoms with Gasteiger partial charge in [-0.3, -0.25) is 9.59 Å². The van der Waals surface area contributed by atoms with Gasteiger partial charge in [-0.2, -0.15) is 5.10 Å². The molecule has 0 radical (unpaired) electrons. The fourth-order valence-corrected chi connectivity index (χ4v) is 2.90. The number of hydrazone groups is 1. The highest BCUT2D eigenvalue weighted by Gasteiger charge is 2.21. The molecule has 0 spiro atoms. The standard InChI is InChI=1S/C21H23N3O2/c25-20(22-15-13-17-7-3-1-4-8-17)11-12-21(26)24-16-14-19(23-24)18-9-5-2-6-10-18/h1-10H,11-16H2,(H,22,25). The Morgan fingerprint density at radius 2 is 1.65 bits per heavy atom. The molecular formula is C21H23N3O2. The average molecular weight is 349 g/mol. The molecule has 5 nitrogen and oxygen atoms in total. The Kier molecular flexibility index (Phi) is 6.14. The van der Waals surface area contributed by atoms with Crippen molar-refractivity contribution in [3.05, 3.63) is 71.8 Å². The van der Waals surface area contributed by atoms with Crippen molar-refractivity contribution in [2.45, 2.75) is 25.7 Å². The molecule has 0 unspecified atom stereocenters. The van der Waals surface area contributed by atoms with Crippen LogP contribution in [0.5, 0.6) is 0 Å². The molecule has 0 atom stereocenters. The number of hydrogen-bond acceptors (Lipinski definition) is 3. The second-order valence-corrected chi connectivity index (χ2v) is 6.27. The van der Waals surface area contributed by atoms with Crippen LogP contribution >= 0.6 is 0 Å². The summed E-state index contributed by atoms with van der Waals surface area (Å²) in [6.07, 6.45) is 1.92. The SMILES string of the molecule is O=C(CCC(=O)N1CCC(c2ccccc2)=N1)NCCc1ccccc1. The molecule has 0 bridgehead atoms. The summed E-state index contributed by atoms with van der Waals surface area (Å²) in [5.74, 6) is -0.199. The Bertz CT molecular complexity index is 772. The third kappa shape index (κ3) is 5.02. The van der Waals surface area contributed by atoms with Gasteiger partial charge in [0.25, 0.3) is 0 Å². The molecule has 0 fully saturated rings. The maximum Gasteiger partial charge on any atom is 0.243 e. The van der Waals surface area contributed by atoms with E-state index in [1.54, 1.807) is 0 Å². The summed E-state index contributed by atoms with van der Waals surface area (Å²) in [5, 5.41) is 8.76. The van der Waals surface area contributed by atoms with Crippen LogP contribution in [0.25, 0.3) is 0 Å². The zero-order chi connectivity index (χ0) is 18.2. The molecule has 134 valence electrons. The summed E-state index contributed by atoms with van der Waals surface area (Å²) in [6, 6.07) is 19.9. The molecule has 0 aliphatic carbocycles. The fourth-order valence-electron chi connectivity index (χ4n) is 2.90. The van der Waals surface area contributed by atoms with E-state index >= 15 is 0 Å². The summed E-state index contributed by atoms with van der Waals surface area (Å²) in [6.45, 7) is 1.16. The summed E-state index contributed by atoms with van der Waals surface area (Å²) in [4.78, 5) is 24.2. The van der Waals surface area contributed by atoms with Crippen LogP contribution in [0.15, 0.2) is 65.8 Å². The van der Waals surface area contributed by atoms with E-state index in [-0.39, 0.29) is 24.7 Å². The highest BCUT2D eigenvalue weighted by molar-refractivity contribution is 6.02. The zero-order valence-electron chi connectivity index (χ0n) is 14.7. The van der Waals surface area contributed by atoms with E-state index < -0.39 is 0 Å². The largest absolute Gasteiger partial charge is 0.356 e. The molecular weight excluding hydrogens is 326 g/mol. The number of amides is 2. The van der Waals surface area contributed by atoms with Gasteiger partial charge in [-0.25, -0.2) is 5.01 Å². The van der Waals surface area contributed by atoms with Gasteiger partial charge in [0.1, 0.15) is 0 Å². The van der Waals surface area contributed by atoms with E-state index in [0.29, 0.717) is 13.1 Å². The van der Waals surface area contributed by atoms with Gasteiger partial charge >= 0.3 is 0 Å². The second kappa shape index (κ2) is 8.94. The van der Waals surface area contributed by atoms with Gasteiger partial charge in [0.15, 0.2) is 0 Å². The minimum Gasteiger partial charge on any atom is -0.356 e. The van der Waals surface area contributed by atoms with E-state index in [2.05, 4.69) is 10.4 Å². The van der Waals surface area contributed by atoms with Crippen LogP contribution in [0, 0.1) is 0 Å². The van der Waals surface area contributed by atoms with Gasteiger partial charge < -0.3 is 5.32 Å². The van der Waals surface area contributed by atoms with E-state index in [0.717, 1.165) is 24.1 Å². The van der Waals surface area contributed by atoms with E-state index in [1.165, 1.54) is 10.6 Å². The molecule has 5 heteroatoms. The summed E-state index contributed by atoms with van der Waals surface area (Å²) in [7, 11) is 0. The lowest BCUT2D eigenvalue weighted by molar-refractivity contribution is -0.133. The Morgan fingerprint density at radius 1 is 0.962 bits per heavy atom. The smallest absolute Gasteiger partial charge is 0.243 e. The predicted octanol–water partition coefficient (Wildman–Crippen LogP) is 2.76. The summed E-state index contributed by atoms with van der Waals surface area (Å²) in [5.41, 5.74) is 3.15. The number of benzene rings is 2. The predicted molar refractivity (Wildman–Crippen MR) is 102 cm³/mol. The van der Waals surface area contributed by atoms with Crippen molar-refractivity contribution < 1.29 is 9.59 Å². The lowest BCUT2D eigenvalue weighted by atomic mass is 10.1. The van der Waals surface area contributed by atoms with Crippen molar-refractivity contribution >= 4 is 17.5 Å². The molecule has 1 heterocycles. The first-order valence-electron chi connectivity index (χ1n) is 8.96. The van der Waals surface area contributed by atoms with Crippen LogP contribution in [0.4, 0.5) is 0 Å². The molecule has 2 aromatic rings. The van der Waals surface area contributed by atoms with Gasteiger partial charge in [-0.05, 0) is 17.5 Å². The van der Waals surface area contributed by atoms with Crippen molar-refractivity contribution in [2.24, 2.45) is 5.10 Å². The Labute approximate surface area is 153 Å². The number of hydrogen-bond donors (Lipinski definition) is 1. The summed E-state index contributed by atoms with van der Waals surface area (Å²) < 4.78 is 0. The van der Waals surface area contributed by atoms with E-state index in [1.807, 2.05) is 60.7 Å². The minimum absolute atomic E-state index is 0.0965. The number of carbonyl (C=O) groups is 2. The molecule has 26 heavy (non-hydrogen) atoms. The molecule has 2 aromatic carbocycles. The molecule has 0 aromatic heterocycles. The maximum atomic E-state index is 12.3. The van der Waals surface area contributed by atoms with Crippen molar-refractivity contribution in [2.75, 3.05) is 13.1 Å². The molecule has 1 N–H and O–H groups in total. The second-order valence-electron chi connectivity index (χ2n) is 6.27. The van der Waals surface area contributed by atoms with Crippen LogP contribution in [0.1, 0.15) is 30.4 Å². The minimum atomic E-state index is -0.103. The van der Waals surface area contributed by atoms with Gasteiger partial charge in [0.2, 0.25) is 11.8 Å². The van der Waals surface area contributed by atoms with Crippen LogP contribution in [-0.2, 0) is 16.0 Å².